The van der Waals surface area contributed by atoms with Crippen LogP contribution in [0.3, 0.4) is 0 Å². The van der Waals surface area contributed by atoms with Crippen molar-refractivity contribution >= 4 is 0 Å². The first-order valence-corrected chi connectivity index (χ1v) is 9.97. The first kappa shape index (κ1) is 21.2. The lowest BCUT2D eigenvalue weighted by Crippen LogP contribution is -2.43. The van der Waals surface area contributed by atoms with Crippen LogP contribution in [0.2, 0.25) is 0 Å². The highest BCUT2D eigenvalue weighted by Gasteiger charge is 2.36. The Labute approximate surface area is 160 Å². The third-order valence-corrected chi connectivity index (χ3v) is 5.61. The van der Waals surface area contributed by atoms with Crippen molar-refractivity contribution in [3.63, 3.8) is 0 Å². The standard InChI is InChI=1S/C23H38O3/c1-10-23(11-2)14-24-20(25-15-23)26-19-17(21(4,5)6)12-16(3)13-18(19)22(7,8)9/h12-13,20H,10-11,14-15H2,1-9H3. The highest BCUT2D eigenvalue weighted by molar-refractivity contribution is 5.50. The van der Waals surface area contributed by atoms with Crippen molar-refractivity contribution in [3.05, 3.63) is 28.8 Å². The zero-order valence-corrected chi connectivity index (χ0v) is 18.3. The van der Waals surface area contributed by atoms with Crippen LogP contribution in [-0.2, 0) is 20.3 Å². The maximum Gasteiger partial charge on any atom is 0.315 e. The highest BCUT2D eigenvalue weighted by Crippen LogP contribution is 2.42. The summed E-state index contributed by atoms with van der Waals surface area (Å²) in [4.78, 5) is 0. The molecule has 1 heterocycles. The van der Waals surface area contributed by atoms with Gasteiger partial charge in [-0.05, 0) is 30.6 Å². The minimum absolute atomic E-state index is 0.0212. The number of rotatable bonds is 4. The summed E-state index contributed by atoms with van der Waals surface area (Å²) in [5, 5.41) is 0. The normalized spacial score (nSPS) is 18.8. The number of hydrogen-bond acceptors (Lipinski definition) is 3. The molecule has 1 saturated heterocycles. The number of ether oxygens (including phenoxy) is 3. The van der Waals surface area contributed by atoms with Gasteiger partial charge in [-0.2, -0.15) is 0 Å². The van der Waals surface area contributed by atoms with E-state index in [1.54, 1.807) is 0 Å². The molecule has 1 fully saturated rings. The Morgan fingerprint density at radius 2 is 1.35 bits per heavy atom. The van der Waals surface area contributed by atoms with Gasteiger partial charge in [-0.15, -0.1) is 0 Å². The van der Waals surface area contributed by atoms with Gasteiger partial charge < -0.3 is 14.2 Å². The van der Waals surface area contributed by atoms with Gasteiger partial charge >= 0.3 is 6.48 Å². The van der Waals surface area contributed by atoms with Crippen LogP contribution in [0.5, 0.6) is 5.75 Å². The summed E-state index contributed by atoms with van der Waals surface area (Å²) in [5.41, 5.74) is 3.75. The van der Waals surface area contributed by atoms with Crippen molar-refractivity contribution in [3.8, 4) is 5.75 Å². The minimum atomic E-state index is -0.633. The molecule has 26 heavy (non-hydrogen) atoms. The van der Waals surface area contributed by atoms with Gasteiger partial charge in [0.05, 0.1) is 13.2 Å². The molecule has 0 unspecified atom stereocenters. The van der Waals surface area contributed by atoms with Gasteiger partial charge in [-0.3, -0.25) is 0 Å². The Morgan fingerprint density at radius 1 is 0.923 bits per heavy atom. The fourth-order valence-corrected chi connectivity index (χ4v) is 3.42. The molecule has 3 nitrogen and oxygen atoms in total. The van der Waals surface area contributed by atoms with E-state index in [4.69, 9.17) is 14.2 Å². The SMILES string of the molecule is CCC1(CC)COC(Oc2c(C(C)(C)C)cc(C)cc2C(C)(C)C)OC1. The summed E-state index contributed by atoms with van der Waals surface area (Å²) in [6.07, 6.45) is 2.11. The van der Waals surface area contributed by atoms with E-state index in [2.05, 4.69) is 74.4 Å². The van der Waals surface area contributed by atoms with Gasteiger partial charge in [0, 0.05) is 16.5 Å². The Kier molecular flexibility index (Phi) is 6.14. The Bertz CT molecular complexity index is 570. The predicted molar refractivity (Wildman–Crippen MR) is 108 cm³/mol. The average molecular weight is 363 g/mol. The van der Waals surface area contributed by atoms with Crippen LogP contribution in [0, 0.1) is 12.3 Å². The summed E-state index contributed by atoms with van der Waals surface area (Å²) >= 11 is 0. The van der Waals surface area contributed by atoms with E-state index >= 15 is 0 Å². The Balaban J connectivity index is 2.37. The fourth-order valence-electron chi connectivity index (χ4n) is 3.42. The lowest BCUT2D eigenvalue weighted by molar-refractivity contribution is -0.308. The van der Waals surface area contributed by atoms with E-state index in [-0.39, 0.29) is 16.2 Å². The first-order chi connectivity index (χ1) is 11.9. The second-order valence-corrected chi connectivity index (χ2v) is 9.92. The van der Waals surface area contributed by atoms with Gasteiger partial charge in [-0.1, -0.05) is 73.1 Å². The van der Waals surface area contributed by atoms with Crippen molar-refractivity contribution in [2.24, 2.45) is 5.41 Å². The van der Waals surface area contributed by atoms with Crippen molar-refractivity contribution in [1.29, 1.82) is 0 Å². The van der Waals surface area contributed by atoms with Gasteiger partial charge in [0.1, 0.15) is 5.75 Å². The van der Waals surface area contributed by atoms with Crippen LogP contribution in [0.1, 0.15) is 84.9 Å². The lowest BCUT2D eigenvalue weighted by Gasteiger charge is -2.39. The summed E-state index contributed by atoms with van der Waals surface area (Å²) in [6.45, 7) is 20.6. The molecule has 1 aliphatic heterocycles. The Hall–Kier alpha value is -1.06. The molecule has 0 radical (unpaired) electrons. The van der Waals surface area contributed by atoms with Crippen LogP contribution < -0.4 is 4.74 Å². The monoisotopic (exact) mass is 362 g/mol. The molecule has 0 spiro atoms. The molecular formula is C23H38O3. The summed E-state index contributed by atoms with van der Waals surface area (Å²) in [5.74, 6) is 0.918. The van der Waals surface area contributed by atoms with Crippen molar-refractivity contribution < 1.29 is 14.2 Å². The molecule has 0 saturated carbocycles. The fraction of sp³-hybridized carbons (Fsp3) is 0.739. The molecule has 2 rings (SSSR count). The van der Waals surface area contributed by atoms with Crippen LogP contribution in [-0.4, -0.2) is 19.7 Å². The van der Waals surface area contributed by atoms with Gasteiger partial charge in [0.15, 0.2) is 0 Å². The first-order valence-electron chi connectivity index (χ1n) is 9.97. The van der Waals surface area contributed by atoms with E-state index in [0.29, 0.717) is 13.2 Å². The summed E-state index contributed by atoms with van der Waals surface area (Å²) < 4.78 is 18.4. The number of hydrogen-bond donors (Lipinski definition) is 0. The zero-order chi connectivity index (χ0) is 19.8. The number of benzene rings is 1. The molecular weight excluding hydrogens is 324 g/mol. The van der Waals surface area contributed by atoms with E-state index in [9.17, 15) is 0 Å². The van der Waals surface area contributed by atoms with Crippen LogP contribution >= 0.6 is 0 Å². The number of aryl methyl sites for hydroxylation is 1. The molecule has 0 N–H and O–H groups in total. The third kappa shape index (κ3) is 4.61. The van der Waals surface area contributed by atoms with Crippen LogP contribution in [0.25, 0.3) is 0 Å². The molecule has 0 amide bonds. The van der Waals surface area contributed by atoms with Gasteiger partial charge in [0.25, 0.3) is 0 Å². The van der Waals surface area contributed by atoms with Crippen LogP contribution in [0.4, 0.5) is 0 Å². The Morgan fingerprint density at radius 3 is 1.69 bits per heavy atom. The van der Waals surface area contributed by atoms with Crippen molar-refractivity contribution in [1.82, 2.24) is 0 Å². The predicted octanol–water partition coefficient (Wildman–Crippen LogP) is 6.11. The second-order valence-electron chi connectivity index (χ2n) is 9.92. The van der Waals surface area contributed by atoms with Gasteiger partial charge in [-0.25, -0.2) is 0 Å². The van der Waals surface area contributed by atoms with E-state index in [1.807, 2.05) is 0 Å². The van der Waals surface area contributed by atoms with Gasteiger partial charge in [0.2, 0.25) is 0 Å². The maximum atomic E-state index is 6.36. The molecule has 0 atom stereocenters. The highest BCUT2D eigenvalue weighted by atomic mass is 16.8. The van der Waals surface area contributed by atoms with Crippen LogP contribution in [0.15, 0.2) is 12.1 Å². The molecule has 1 aliphatic rings. The quantitative estimate of drug-likeness (QED) is 0.647. The molecule has 0 aromatic heterocycles. The van der Waals surface area contributed by atoms with E-state index in [1.165, 1.54) is 16.7 Å². The smallest absolute Gasteiger partial charge is 0.315 e. The molecule has 1 aromatic carbocycles. The van der Waals surface area contributed by atoms with E-state index in [0.717, 1.165) is 18.6 Å². The van der Waals surface area contributed by atoms with E-state index < -0.39 is 6.48 Å². The molecule has 1 aromatic rings. The molecule has 0 aliphatic carbocycles. The average Bonchev–Trinajstić information content (AvgIpc) is 2.55. The summed E-state index contributed by atoms with van der Waals surface area (Å²) in [6, 6.07) is 4.46. The molecule has 148 valence electrons. The largest absolute Gasteiger partial charge is 0.441 e. The third-order valence-electron chi connectivity index (χ3n) is 5.61. The second kappa shape index (κ2) is 7.52. The summed E-state index contributed by atoms with van der Waals surface area (Å²) in [7, 11) is 0. The maximum absolute atomic E-state index is 6.36. The lowest BCUT2D eigenvalue weighted by atomic mass is 9.78. The molecule has 0 bridgehead atoms. The molecule has 3 heteroatoms. The zero-order valence-electron chi connectivity index (χ0n) is 18.3. The minimum Gasteiger partial charge on any atom is -0.441 e. The van der Waals surface area contributed by atoms with Crippen molar-refractivity contribution in [2.45, 2.75) is 92.5 Å². The van der Waals surface area contributed by atoms with Crippen molar-refractivity contribution in [2.75, 3.05) is 13.2 Å². The topological polar surface area (TPSA) is 27.7 Å².